The number of aromatic nitrogens is 2. The van der Waals surface area contributed by atoms with E-state index in [2.05, 4.69) is 10.4 Å². The molecule has 2 heterocycles. The van der Waals surface area contributed by atoms with Crippen molar-refractivity contribution >= 4 is 11.8 Å². The standard InChI is InChI=1S/C14H22N4O3/c1-3-4-13(19)17-9-11-5-6-16-18(11)12(10-17)14(20)15-7-8-21-2/h5-6,12H,3-4,7-10H2,1-2H3,(H,15,20)/t12-/m0/s1. The predicted molar refractivity (Wildman–Crippen MR) is 76.5 cm³/mol. The van der Waals surface area contributed by atoms with Crippen molar-refractivity contribution in [2.45, 2.75) is 32.4 Å². The fraction of sp³-hybridized carbons (Fsp3) is 0.643. The third kappa shape index (κ3) is 3.60. The molecule has 1 aromatic heterocycles. The highest BCUT2D eigenvalue weighted by Crippen LogP contribution is 2.21. The number of methoxy groups -OCH3 is 1. The highest BCUT2D eigenvalue weighted by molar-refractivity contribution is 5.82. The summed E-state index contributed by atoms with van der Waals surface area (Å²) in [6.45, 7) is 3.77. The number of nitrogens with one attached hydrogen (secondary N) is 1. The van der Waals surface area contributed by atoms with Crippen molar-refractivity contribution in [3.8, 4) is 0 Å². The average Bonchev–Trinajstić information content (AvgIpc) is 2.94. The smallest absolute Gasteiger partial charge is 0.246 e. The van der Waals surface area contributed by atoms with E-state index >= 15 is 0 Å². The molecule has 1 aliphatic rings. The van der Waals surface area contributed by atoms with E-state index in [1.54, 1.807) is 22.9 Å². The van der Waals surface area contributed by atoms with Gasteiger partial charge in [-0.15, -0.1) is 0 Å². The van der Waals surface area contributed by atoms with Crippen molar-refractivity contribution in [1.29, 1.82) is 0 Å². The summed E-state index contributed by atoms with van der Waals surface area (Å²) >= 11 is 0. The second-order valence-electron chi connectivity index (χ2n) is 5.09. The minimum Gasteiger partial charge on any atom is -0.383 e. The first-order valence-electron chi connectivity index (χ1n) is 7.24. The number of hydrogen-bond donors (Lipinski definition) is 1. The molecule has 21 heavy (non-hydrogen) atoms. The van der Waals surface area contributed by atoms with Crippen molar-refractivity contribution < 1.29 is 14.3 Å². The molecule has 0 aliphatic carbocycles. The monoisotopic (exact) mass is 294 g/mol. The highest BCUT2D eigenvalue weighted by atomic mass is 16.5. The quantitative estimate of drug-likeness (QED) is 0.767. The molecule has 0 saturated heterocycles. The van der Waals surface area contributed by atoms with Crippen LogP contribution < -0.4 is 5.32 Å². The van der Waals surface area contributed by atoms with Gasteiger partial charge in [-0.2, -0.15) is 5.10 Å². The van der Waals surface area contributed by atoms with E-state index in [-0.39, 0.29) is 11.8 Å². The van der Waals surface area contributed by atoms with Crippen molar-refractivity contribution in [2.24, 2.45) is 0 Å². The molecule has 116 valence electrons. The van der Waals surface area contributed by atoms with Crippen LogP contribution in [0.3, 0.4) is 0 Å². The van der Waals surface area contributed by atoms with E-state index in [1.807, 2.05) is 13.0 Å². The Kier molecular flexibility index (Phi) is 5.32. The lowest BCUT2D eigenvalue weighted by Gasteiger charge is -2.33. The Labute approximate surface area is 124 Å². The van der Waals surface area contributed by atoms with Gasteiger partial charge in [0.1, 0.15) is 6.04 Å². The van der Waals surface area contributed by atoms with E-state index in [4.69, 9.17) is 4.74 Å². The average molecular weight is 294 g/mol. The predicted octanol–water partition coefficient (Wildman–Crippen LogP) is 0.329. The van der Waals surface area contributed by atoms with Gasteiger partial charge in [0.25, 0.3) is 0 Å². The molecule has 0 aromatic carbocycles. The van der Waals surface area contributed by atoms with Crippen LogP contribution in [0.25, 0.3) is 0 Å². The van der Waals surface area contributed by atoms with Gasteiger partial charge in [-0.1, -0.05) is 6.92 Å². The van der Waals surface area contributed by atoms with Crippen LogP contribution in [0.2, 0.25) is 0 Å². The summed E-state index contributed by atoms with van der Waals surface area (Å²) in [7, 11) is 1.59. The van der Waals surface area contributed by atoms with Gasteiger partial charge < -0.3 is 15.0 Å². The lowest BCUT2D eigenvalue weighted by Crippen LogP contribution is -2.47. The van der Waals surface area contributed by atoms with Gasteiger partial charge in [0.15, 0.2) is 0 Å². The molecule has 0 spiro atoms. The largest absolute Gasteiger partial charge is 0.383 e. The molecule has 2 rings (SSSR count). The number of ether oxygens (including phenoxy) is 1. The summed E-state index contributed by atoms with van der Waals surface area (Å²) in [6.07, 6.45) is 2.98. The first-order valence-corrected chi connectivity index (χ1v) is 7.24. The molecule has 0 fully saturated rings. The van der Waals surface area contributed by atoms with E-state index in [0.717, 1.165) is 12.1 Å². The Bertz CT molecular complexity index is 500. The van der Waals surface area contributed by atoms with Gasteiger partial charge in [-0.3, -0.25) is 14.3 Å². The summed E-state index contributed by atoms with van der Waals surface area (Å²) in [5.41, 5.74) is 0.887. The normalized spacial score (nSPS) is 17.4. The SMILES string of the molecule is CCCC(=O)N1Cc2ccnn2[C@H](C(=O)NCCOC)C1. The summed E-state index contributed by atoms with van der Waals surface area (Å²) in [5.74, 6) is -0.0503. The number of nitrogens with zero attached hydrogens (tertiary/aromatic N) is 3. The van der Waals surface area contributed by atoms with Gasteiger partial charge in [0.2, 0.25) is 11.8 Å². The van der Waals surface area contributed by atoms with Crippen LogP contribution in [-0.4, -0.2) is 53.3 Å². The van der Waals surface area contributed by atoms with Crippen LogP contribution >= 0.6 is 0 Å². The number of fused-ring (bicyclic) bond motifs is 1. The summed E-state index contributed by atoms with van der Waals surface area (Å²) < 4.78 is 6.63. The molecule has 0 radical (unpaired) electrons. The molecular formula is C14H22N4O3. The van der Waals surface area contributed by atoms with Crippen molar-refractivity contribution in [3.63, 3.8) is 0 Å². The zero-order chi connectivity index (χ0) is 15.2. The Morgan fingerprint density at radius 3 is 3.05 bits per heavy atom. The van der Waals surface area contributed by atoms with Gasteiger partial charge >= 0.3 is 0 Å². The first-order chi connectivity index (χ1) is 10.2. The minimum atomic E-state index is -0.471. The van der Waals surface area contributed by atoms with Crippen LogP contribution in [0, 0.1) is 0 Å². The van der Waals surface area contributed by atoms with Crippen LogP contribution in [0.4, 0.5) is 0 Å². The summed E-state index contributed by atoms with van der Waals surface area (Å²) in [5, 5.41) is 7.03. The fourth-order valence-corrected chi connectivity index (χ4v) is 2.44. The summed E-state index contributed by atoms with van der Waals surface area (Å²) in [6, 6.07) is 1.38. The third-order valence-electron chi connectivity index (χ3n) is 3.52. The second-order valence-corrected chi connectivity index (χ2v) is 5.09. The topological polar surface area (TPSA) is 76.5 Å². The van der Waals surface area contributed by atoms with Crippen molar-refractivity contribution in [3.05, 3.63) is 18.0 Å². The molecule has 2 amide bonds. The van der Waals surface area contributed by atoms with E-state index in [0.29, 0.717) is 32.7 Å². The molecule has 7 heteroatoms. The Hall–Kier alpha value is -1.89. The van der Waals surface area contributed by atoms with Gasteiger partial charge in [0.05, 0.1) is 25.4 Å². The van der Waals surface area contributed by atoms with Gasteiger partial charge in [-0.05, 0) is 12.5 Å². The molecule has 0 bridgehead atoms. The van der Waals surface area contributed by atoms with Gasteiger partial charge in [-0.25, -0.2) is 0 Å². The van der Waals surface area contributed by atoms with Gasteiger partial charge in [0, 0.05) is 26.3 Å². The zero-order valence-corrected chi connectivity index (χ0v) is 12.5. The van der Waals surface area contributed by atoms with Crippen molar-refractivity contribution in [1.82, 2.24) is 20.0 Å². The number of amides is 2. The lowest BCUT2D eigenvalue weighted by atomic mass is 10.1. The molecule has 1 atom stereocenters. The molecule has 7 nitrogen and oxygen atoms in total. The number of carbonyl (C=O) groups excluding carboxylic acids is 2. The second kappa shape index (κ2) is 7.21. The third-order valence-corrected chi connectivity index (χ3v) is 3.52. The minimum absolute atomic E-state index is 0.0830. The maximum absolute atomic E-state index is 12.3. The fourth-order valence-electron chi connectivity index (χ4n) is 2.44. The molecule has 1 N–H and O–H groups in total. The molecular weight excluding hydrogens is 272 g/mol. The van der Waals surface area contributed by atoms with Crippen LogP contribution in [0.15, 0.2) is 12.3 Å². The molecule has 1 aliphatic heterocycles. The summed E-state index contributed by atoms with van der Waals surface area (Å²) in [4.78, 5) is 26.1. The van der Waals surface area contributed by atoms with Crippen LogP contribution in [0.1, 0.15) is 31.5 Å². The Balaban J connectivity index is 2.09. The van der Waals surface area contributed by atoms with E-state index < -0.39 is 6.04 Å². The number of carbonyl (C=O) groups is 2. The Morgan fingerprint density at radius 1 is 1.52 bits per heavy atom. The zero-order valence-electron chi connectivity index (χ0n) is 12.5. The first kappa shape index (κ1) is 15.5. The van der Waals surface area contributed by atoms with E-state index in [1.165, 1.54) is 0 Å². The molecule has 1 aromatic rings. The van der Waals surface area contributed by atoms with E-state index in [9.17, 15) is 9.59 Å². The lowest BCUT2D eigenvalue weighted by molar-refractivity contribution is -0.135. The van der Waals surface area contributed by atoms with Crippen LogP contribution in [-0.2, 0) is 20.9 Å². The molecule has 0 unspecified atom stereocenters. The van der Waals surface area contributed by atoms with Crippen molar-refractivity contribution in [2.75, 3.05) is 26.8 Å². The Morgan fingerprint density at radius 2 is 2.33 bits per heavy atom. The highest BCUT2D eigenvalue weighted by Gasteiger charge is 2.32. The number of rotatable bonds is 6. The maximum atomic E-state index is 12.3. The number of hydrogen-bond acceptors (Lipinski definition) is 4. The molecule has 0 saturated carbocycles. The maximum Gasteiger partial charge on any atom is 0.246 e. The van der Waals surface area contributed by atoms with Crippen LogP contribution in [0.5, 0.6) is 0 Å².